The Labute approximate surface area is 84.1 Å². The molecule has 2 aromatic rings. The molecule has 5 nitrogen and oxygen atoms in total. The second-order valence-corrected chi connectivity index (χ2v) is 2.96. The maximum Gasteiger partial charge on any atom is 0.265 e. The fourth-order valence-electron chi connectivity index (χ4n) is 1.28. The molecule has 0 saturated heterocycles. The number of fused-ring (bicyclic) bond motifs is 1. The van der Waals surface area contributed by atoms with Crippen LogP contribution >= 0.6 is 0 Å². The van der Waals surface area contributed by atoms with Gasteiger partial charge in [-0.2, -0.15) is 4.98 Å². The lowest BCUT2D eigenvalue weighted by molar-refractivity contribution is 0.0996. The number of rotatable bonds is 2. The van der Waals surface area contributed by atoms with Crippen LogP contribution in [0.25, 0.3) is 11.0 Å². The number of nitrogens with two attached hydrogens (primary N) is 1. The number of hydrogen-bond donors (Lipinski definition) is 2. The molecule has 2 rings (SSSR count). The number of amides is 1. The molecule has 15 heavy (non-hydrogen) atoms. The number of aromatic nitrogens is 2. The Bertz CT molecular complexity index is 535. The molecule has 0 bridgehead atoms. The minimum absolute atomic E-state index is 0.115. The predicted molar refractivity (Wildman–Crippen MR) is 51.1 cm³/mol. The number of hydrogen-bond acceptors (Lipinski definition) is 3. The third kappa shape index (κ3) is 1.50. The number of H-pyrrole nitrogens is 1. The van der Waals surface area contributed by atoms with Gasteiger partial charge in [0.15, 0.2) is 0 Å². The van der Waals surface area contributed by atoms with E-state index in [2.05, 4.69) is 9.97 Å². The molecule has 0 spiro atoms. The number of nitrogens with one attached hydrogen (secondary N) is 1. The van der Waals surface area contributed by atoms with Crippen molar-refractivity contribution in [2.45, 2.75) is 0 Å². The number of halogens is 1. The molecule has 0 unspecified atom stereocenters. The summed E-state index contributed by atoms with van der Waals surface area (Å²) in [5.41, 5.74) is 5.40. The van der Waals surface area contributed by atoms with Gasteiger partial charge >= 0.3 is 0 Å². The van der Waals surface area contributed by atoms with Crippen molar-refractivity contribution >= 4 is 16.9 Å². The predicted octanol–water partition coefficient (Wildman–Crippen LogP) is 0.810. The van der Waals surface area contributed by atoms with E-state index in [1.165, 1.54) is 13.2 Å². The Kier molecular flexibility index (Phi) is 2.03. The average molecular weight is 209 g/mol. The van der Waals surface area contributed by atoms with Gasteiger partial charge in [0, 0.05) is 6.07 Å². The smallest absolute Gasteiger partial charge is 0.265 e. The number of methoxy groups -OCH3 is 1. The number of carbonyl (C=O) groups is 1. The summed E-state index contributed by atoms with van der Waals surface area (Å²) in [4.78, 5) is 17.4. The van der Waals surface area contributed by atoms with Crippen LogP contribution in [0.2, 0.25) is 0 Å². The van der Waals surface area contributed by atoms with Gasteiger partial charge in [-0.05, 0) is 6.07 Å². The van der Waals surface area contributed by atoms with Gasteiger partial charge in [-0.1, -0.05) is 0 Å². The Morgan fingerprint density at radius 3 is 2.93 bits per heavy atom. The molecule has 0 saturated carbocycles. The SMILES string of the molecule is COc1cc(F)c2cc(C(N)=O)[nH]c2n1. The molecular formula is C9H8FN3O2. The average Bonchev–Trinajstić information content (AvgIpc) is 2.61. The van der Waals surface area contributed by atoms with E-state index >= 15 is 0 Å². The van der Waals surface area contributed by atoms with Gasteiger partial charge in [-0.3, -0.25) is 4.79 Å². The highest BCUT2D eigenvalue weighted by atomic mass is 19.1. The molecular weight excluding hydrogens is 201 g/mol. The third-order valence-electron chi connectivity index (χ3n) is 2.00. The van der Waals surface area contributed by atoms with Crippen molar-refractivity contribution < 1.29 is 13.9 Å². The van der Waals surface area contributed by atoms with Gasteiger partial charge in [0.2, 0.25) is 5.88 Å². The molecule has 0 aliphatic carbocycles. The number of nitrogens with zero attached hydrogens (tertiary/aromatic N) is 1. The zero-order valence-electron chi connectivity index (χ0n) is 7.87. The minimum Gasteiger partial charge on any atom is -0.481 e. The van der Waals surface area contributed by atoms with Crippen LogP contribution < -0.4 is 10.5 Å². The van der Waals surface area contributed by atoms with Crippen LogP contribution in [0.5, 0.6) is 5.88 Å². The number of aromatic amines is 1. The molecule has 1 amide bonds. The van der Waals surface area contributed by atoms with Crippen molar-refractivity contribution in [3.05, 3.63) is 23.6 Å². The van der Waals surface area contributed by atoms with E-state index in [1.807, 2.05) is 0 Å². The summed E-state index contributed by atoms with van der Waals surface area (Å²) in [6.45, 7) is 0. The maximum atomic E-state index is 13.4. The first-order valence-electron chi connectivity index (χ1n) is 4.15. The number of carbonyl (C=O) groups excluding carboxylic acids is 1. The Hall–Kier alpha value is -2.11. The summed E-state index contributed by atoms with van der Waals surface area (Å²) in [7, 11) is 1.38. The zero-order valence-corrected chi connectivity index (χ0v) is 7.87. The van der Waals surface area contributed by atoms with E-state index in [1.54, 1.807) is 0 Å². The Morgan fingerprint density at radius 2 is 2.33 bits per heavy atom. The van der Waals surface area contributed by atoms with Crippen LogP contribution in [-0.4, -0.2) is 23.0 Å². The molecule has 0 aliphatic rings. The lowest BCUT2D eigenvalue weighted by Gasteiger charge is -1.98. The van der Waals surface area contributed by atoms with Crippen LogP contribution in [0.4, 0.5) is 4.39 Å². The van der Waals surface area contributed by atoms with Gasteiger partial charge in [0.05, 0.1) is 12.5 Å². The van der Waals surface area contributed by atoms with Crippen LogP contribution in [0.15, 0.2) is 12.1 Å². The lowest BCUT2D eigenvalue weighted by Crippen LogP contribution is -2.10. The summed E-state index contributed by atoms with van der Waals surface area (Å²) in [6, 6.07) is 2.46. The van der Waals surface area contributed by atoms with Crippen molar-refractivity contribution in [3.8, 4) is 5.88 Å². The molecule has 2 heterocycles. The number of pyridine rings is 1. The van der Waals surface area contributed by atoms with E-state index in [-0.39, 0.29) is 22.6 Å². The van der Waals surface area contributed by atoms with Crippen molar-refractivity contribution in [1.29, 1.82) is 0 Å². The van der Waals surface area contributed by atoms with Gasteiger partial charge in [0.1, 0.15) is 17.2 Å². The summed E-state index contributed by atoms with van der Waals surface area (Å²) >= 11 is 0. The topological polar surface area (TPSA) is 81.0 Å². The van der Waals surface area contributed by atoms with Crippen LogP contribution in [-0.2, 0) is 0 Å². The van der Waals surface area contributed by atoms with Gasteiger partial charge in [-0.25, -0.2) is 4.39 Å². The van der Waals surface area contributed by atoms with E-state index in [4.69, 9.17) is 10.5 Å². The quantitative estimate of drug-likeness (QED) is 0.767. The van der Waals surface area contributed by atoms with Gasteiger partial charge < -0.3 is 15.5 Å². The standard InChI is InChI=1S/C9H8FN3O2/c1-15-7-3-5(10)4-2-6(8(11)14)12-9(4)13-7/h2-3H,1H3,(H2,11,14)(H,12,13). The monoisotopic (exact) mass is 209 g/mol. The van der Waals surface area contributed by atoms with E-state index in [0.29, 0.717) is 0 Å². The molecule has 78 valence electrons. The molecule has 0 fully saturated rings. The van der Waals surface area contributed by atoms with Gasteiger partial charge in [0.25, 0.3) is 5.91 Å². The highest BCUT2D eigenvalue weighted by Crippen LogP contribution is 2.21. The largest absolute Gasteiger partial charge is 0.481 e. The van der Waals surface area contributed by atoms with Gasteiger partial charge in [-0.15, -0.1) is 0 Å². The zero-order chi connectivity index (χ0) is 11.0. The Balaban J connectivity index is 2.69. The second kappa shape index (κ2) is 3.23. The number of ether oxygens (including phenoxy) is 1. The lowest BCUT2D eigenvalue weighted by atomic mass is 10.3. The van der Waals surface area contributed by atoms with E-state index < -0.39 is 11.7 Å². The first-order chi connectivity index (χ1) is 7.11. The minimum atomic E-state index is -0.661. The molecule has 6 heteroatoms. The first kappa shape index (κ1) is 9.45. The van der Waals surface area contributed by atoms with Crippen molar-refractivity contribution in [3.63, 3.8) is 0 Å². The summed E-state index contributed by atoms with van der Waals surface area (Å²) in [5, 5.41) is 0.213. The van der Waals surface area contributed by atoms with E-state index in [0.717, 1.165) is 6.07 Å². The van der Waals surface area contributed by atoms with E-state index in [9.17, 15) is 9.18 Å². The van der Waals surface area contributed by atoms with Crippen molar-refractivity contribution in [2.24, 2.45) is 5.73 Å². The second-order valence-electron chi connectivity index (χ2n) is 2.96. The molecule has 0 atom stereocenters. The fourth-order valence-corrected chi connectivity index (χ4v) is 1.28. The Morgan fingerprint density at radius 1 is 1.60 bits per heavy atom. The maximum absolute atomic E-state index is 13.4. The van der Waals surface area contributed by atoms with Crippen LogP contribution in [0.1, 0.15) is 10.5 Å². The molecule has 0 radical (unpaired) electrons. The normalized spacial score (nSPS) is 10.5. The molecule has 2 aromatic heterocycles. The highest BCUT2D eigenvalue weighted by molar-refractivity contribution is 5.96. The third-order valence-corrected chi connectivity index (χ3v) is 2.00. The van der Waals surface area contributed by atoms with Crippen LogP contribution in [0.3, 0.4) is 0 Å². The number of primary amides is 1. The summed E-state index contributed by atoms with van der Waals surface area (Å²) < 4.78 is 18.2. The summed E-state index contributed by atoms with van der Waals surface area (Å²) in [5.74, 6) is -1.04. The van der Waals surface area contributed by atoms with Crippen LogP contribution in [0, 0.1) is 5.82 Å². The summed E-state index contributed by atoms with van der Waals surface area (Å²) in [6.07, 6.45) is 0. The fraction of sp³-hybridized carbons (Fsp3) is 0.111. The molecule has 0 aromatic carbocycles. The highest BCUT2D eigenvalue weighted by Gasteiger charge is 2.11. The molecule has 3 N–H and O–H groups in total. The van der Waals surface area contributed by atoms with Crippen molar-refractivity contribution in [2.75, 3.05) is 7.11 Å². The molecule has 0 aliphatic heterocycles. The first-order valence-corrected chi connectivity index (χ1v) is 4.15. The van der Waals surface area contributed by atoms with Crippen molar-refractivity contribution in [1.82, 2.24) is 9.97 Å².